The second-order valence-corrected chi connectivity index (χ2v) is 3.85. The van der Waals surface area contributed by atoms with Gasteiger partial charge in [0.15, 0.2) is 0 Å². The molecule has 0 radical (unpaired) electrons. The zero-order valence-corrected chi connectivity index (χ0v) is 8.14. The Kier molecular flexibility index (Phi) is 2.59. The molecule has 15 heavy (non-hydrogen) atoms. The monoisotopic (exact) mass is 215 g/mol. The Bertz CT molecular complexity index is 325. The molecule has 1 aromatic carbocycles. The van der Waals surface area contributed by atoms with Gasteiger partial charge in [0, 0.05) is 11.7 Å². The number of alkyl halides is 3. The fourth-order valence-corrected chi connectivity index (χ4v) is 1.54. The highest BCUT2D eigenvalue weighted by molar-refractivity contribution is 5.46. The van der Waals surface area contributed by atoms with Gasteiger partial charge in [0.2, 0.25) is 0 Å². The van der Waals surface area contributed by atoms with E-state index in [4.69, 9.17) is 0 Å². The summed E-state index contributed by atoms with van der Waals surface area (Å²) in [7, 11) is 0. The number of anilines is 1. The third-order valence-corrected chi connectivity index (χ3v) is 2.69. The van der Waals surface area contributed by atoms with Crippen molar-refractivity contribution in [1.82, 2.24) is 0 Å². The van der Waals surface area contributed by atoms with Crippen LogP contribution in [0.3, 0.4) is 0 Å². The molecule has 1 fully saturated rings. The molecule has 1 aliphatic rings. The molecule has 0 aliphatic heterocycles. The predicted molar refractivity (Wildman–Crippen MR) is 52.7 cm³/mol. The molecule has 0 aromatic heterocycles. The van der Waals surface area contributed by atoms with Gasteiger partial charge in [-0.25, -0.2) is 0 Å². The lowest BCUT2D eigenvalue weighted by Crippen LogP contribution is -2.26. The number of hydrogen-bond donors (Lipinski definition) is 1. The zero-order chi connectivity index (χ0) is 10.9. The Morgan fingerprint density at radius 3 is 2.07 bits per heavy atom. The number of halogens is 3. The molecule has 0 unspecified atom stereocenters. The van der Waals surface area contributed by atoms with Crippen molar-refractivity contribution in [1.29, 1.82) is 0 Å². The van der Waals surface area contributed by atoms with Crippen molar-refractivity contribution in [3.8, 4) is 0 Å². The molecule has 0 saturated heterocycles. The quantitative estimate of drug-likeness (QED) is 0.793. The lowest BCUT2D eigenvalue weighted by atomic mass is 9.93. The first-order valence-electron chi connectivity index (χ1n) is 4.99. The van der Waals surface area contributed by atoms with E-state index in [-0.39, 0.29) is 0 Å². The molecule has 0 bridgehead atoms. The van der Waals surface area contributed by atoms with Crippen LogP contribution < -0.4 is 5.32 Å². The smallest absolute Gasteiger partial charge is 0.382 e. The molecule has 0 heterocycles. The summed E-state index contributed by atoms with van der Waals surface area (Å²) in [5.74, 6) is 0. The van der Waals surface area contributed by atoms with E-state index in [1.54, 1.807) is 0 Å². The van der Waals surface area contributed by atoms with Crippen molar-refractivity contribution < 1.29 is 13.2 Å². The van der Waals surface area contributed by atoms with Gasteiger partial charge in [-0.1, -0.05) is 0 Å². The summed E-state index contributed by atoms with van der Waals surface area (Å²) in [4.78, 5) is 0. The van der Waals surface area contributed by atoms with Gasteiger partial charge in [0.05, 0.1) is 5.56 Å². The average Bonchev–Trinajstić information content (AvgIpc) is 2.11. The van der Waals surface area contributed by atoms with Gasteiger partial charge in [-0.15, -0.1) is 0 Å². The van der Waals surface area contributed by atoms with Gasteiger partial charge in [-0.2, -0.15) is 13.2 Å². The van der Waals surface area contributed by atoms with Crippen molar-refractivity contribution in [3.63, 3.8) is 0 Å². The maximum absolute atomic E-state index is 12.2. The first-order valence-corrected chi connectivity index (χ1v) is 4.99. The minimum atomic E-state index is -4.24. The first kappa shape index (κ1) is 10.3. The van der Waals surface area contributed by atoms with Crippen LogP contribution in [0.5, 0.6) is 0 Å². The Hall–Kier alpha value is -1.19. The zero-order valence-electron chi connectivity index (χ0n) is 8.14. The highest BCUT2D eigenvalue weighted by Gasteiger charge is 2.30. The predicted octanol–water partition coefficient (Wildman–Crippen LogP) is 3.67. The minimum Gasteiger partial charge on any atom is -0.382 e. The summed E-state index contributed by atoms with van der Waals surface area (Å²) in [6.45, 7) is 0. The molecule has 82 valence electrons. The lowest BCUT2D eigenvalue weighted by molar-refractivity contribution is -0.137. The largest absolute Gasteiger partial charge is 0.416 e. The summed E-state index contributed by atoms with van der Waals surface area (Å²) in [6.07, 6.45) is -0.810. The molecule has 4 heteroatoms. The molecule has 1 saturated carbocycles. The maximum atomic E-state index is 12.2. The van der Waals surface area contributed by atoms with E-state index in [0.717, 1.165) is 30.7 Å². The van der Waals surface area contributed by atoms with E-state index in [1.165, 1.54) is 18.6 Å². The Balaban J connectivity index is 2.03. The number of rotatable bonds is 2. The van der Waals surface area contributed by atoms with Gasteiger partial charge in [-0.05, 0) is 43.5 Å². The van der Waals surface area contributed by atoms with Gasteiger partial charge >= 0.3 is 6.18 Å². The number of hydrogen-bond acceptors (Lipinski definition) is 1. The van der Waals surface area contributed by atoms with E-state index < -0.39 is 11.7 Å². The molecule has 2 rings (SSSR count). The van der Waals surface area contributed by atoms with Crippen LogP contribution in [-0.4, -0.2) is 6.04 Å². The summed E-state index contributed by atoms with van der Waals surface area (Å²) in [5.41, 5.74) is 0.175. The van der Waals surface area contributed by atoms with E-state index in [1.807, 2.05) is 0 Å². The second kappa shape index (κ2) is 3.76. The fraction of sp³-hybridized carbons (Fsp3) is 0.455. The first-order chi connectivity index (χ1) is 7.05. The van der Waals surface area contributed by atoms with Crippen LogP contribution in [0.4, 0.5) is 18.9 Å². The molecular weight excluding hydrogens is 203 g/mol. The summed E-state index contributed by atoms with van der Waals surface area (Å²) >= 11 is 0. The van der Waals surface area contributed by atoms with Crippen LogP contribution >= 0.6 is 0 Å². The third kappa shape index (κ3) is 2.43. The van der Waals surface area contributed by atoms with Gasteiger partial charge < -0.3 is 5.32 Å². The molecule has 1 aromatic rings. The maximum Gasteiger partial charge on any atom is 0.416 e. The lowest BCUT2D eigenvalue weighted by Gasteiger charge is -2.27. The van der Waals surface area contributed by atoms with Crippen molar-refractivity contribution in [2.75, 3.05) is 5.32 Å². The number of benzene rings is 1. The summed E-state index contributed by atoms with van der Waals surface area (Å²) < 4.78 is 36.7. The average molecular weight is 215 g/mol. The fourth-order valence-electron chi connectivity index (χ4n) is 1.54. The van der Waals surface area contributed by atoms with Gasteiger partial charge in [0.25, 0.3) is 0 Å². The van der Waals surface area contributed by atoms with Crippen molar-refractivity contribution >= 4 is 5.69 Å². The topological polar surface area (TPSA) is 12.0 Å². The normalized spacial score (nSPS) is 17.3. The molecule has 0 amide bonds. The van der Waals surface area contributed by atoms with Crippen LogP contribution in [0.15, 0.2) is 24.3 Å². The minimum absolute atomic E-state index is 0.446. The van der Waals surface area contributed by atoms with Crippen LogP contribution in [0, 0.1) is 0 Å². The number of nitrogens with one attached hydrogen (secondary N) is 1. The van der Waals surface area contributed by atoms with E-state index >= 15 is 0 Å². The standard InChI is InChI=1S/C11H12F3N/c12-11(13,14)8-4-6-10(7-5-8)15-9-2-1-3-9/h4-7,9,15H,1-3H2. The Morgan fingerprint density at radius 1 is 1.07 bits per heavy atom. The van der Waals surface area contributed by atoms with E-state index in [0.29, 0.717) is 6.04 Å². The molecule has 1 N–H and O–H groups in total. The third-order valence-electron chi connectivity index (χ3n) is 2.69. The van der Waals surface area contributed by atoms with E-state index in [9.17, 15) is 13.2 Å². The second-order valence-electron chi connectivity index (χ2n) is 3.85. The Labute approximate surface area is 86.3 Å². The molecule has 0 atom stereocenters. The van der Waals surface area contributed by atoms with Crippen molar-refractivity contribution in [2.24, 2.45) is 0 Å². The highest BCUT2D eigenvalue weighted by Crippen LogP contribution is 2.30. The summed E-state index contributed by atoms with van der Waals surface area (Å²) in [6, 6.07) is 5.64. The van der Waals surface area contributed by atoms with Crippen LogP contribution in [0.25, 0.3) is 0 Å². The summed E-state index contributed by atoms with van der Waals surface area (Å²) in [5, 5.41) is 3.19. The SMILES string of the molecule is FC(F)(F)c1ccc(NC2CCC2)cc1. The molecule has 0 spiro atoms. The van der Waals surface area contributed by atoms with Crippen LogP contribution in [-0.2, 0) is 6.18 Å². The van der Waals surface area contributed by atoms with Gasteiger partial charge in [-0.3, -0.25) is 0 Å². The van der Waals surface area contributed by atoms with Crippen molar-refractivity contribution in [3.05, 3.63) is 29.8 Å². The van der Waals surface area contributed by atoms with E-state index in [2.05, 4.69) is 5.32 Å². The highest BCUT2D eigenvalue weighted by atomic mass is 19.4. The molecule has 1 nitrogen and oxygen atoms in total. The Morgan fingerprint density at radius 2 is 1.67 bits per heavy atom. The van der Waals surface area contributed by atoms with Crippen LogP contribution in [0.2, 0.25) is 0 Å². The molecular formula is C11H12F3N. The van der Waals surface area contributed by atoms with Gasteiger partial charge in [0.1, 0.15) is 0 Å². The van der Waals surface area contributed by atoms with Crippen LogP contribution in [0.1, 0.15) is 24.8 Å². The van der Waals surface area contributed by atoms with Crippen molar-refractivity contribution in [2.45, 2.75) is 31.5 Å². The molecule has 1 aliphatic carbocycles.